The van der Waals surface area contributed by atoms with Crippen molar-refractivity contribution in [3.8, 4) is 0 Å². The molecule has 0 bridgehead atoms. The van der Waals surface area contributed by atoms with Gasteiger partial charge < -0.3 is 10.4 Å². The van der Waals surface area contributed by atoms with Crippen LogP contribution < -0.4 is 5.32 Å². The minimum atomic E-state index is -3.85. The summed E-state index contributed by atoms with van der Waals surface area (Å²) in [6.07, 6.45) is 3.11. The van der Waals surface area contributed by atoms with Gasteiger partial charge in [0.25, 0.3) is 0 Å². The van der Waals surface area contributed by atoms with Gasteiger partial charge >= 0.3 is 5.97 Å². The smallest absolute Gasteiger partial charge is 0.326 e. The van der Waals surface area contributed by atoms with E-state index >= 15 is 0 Å². The lowest BCUT2D eigenvalue weighted by atomic mass is 10.1. The van der Waals surface area contributed by atoms with Crippen molar-refractivity contribution in [3.05, 3.63) is 59.9 Å². The van der Waals surface area contributed by atoms with E-state index in [1.165, 1.54) is 25.4 Å². The second kappa shape index (κ2) is 8.74. The number of rotatable bonds is 8. The van der Waals surface area contributed by atoms with Crippen molar-refractivity contribution < 1.29 is 23.1 Å². The van der Waals surface area contributed by atoms with E-state index in [0.29, 0.717) is 5.56 Å². The summed E-state index contributed by atoms with van der Waals surface area (Å²) >= 11 is 0. The molecule has 0 aliphatic heterocycles. The second-order valence-corrected chi connectivity index (χ2v) is 8.14. The molecule has 0 saturated carbocycles. The normalized spacial score (nSPS) is 12.6. The standard InChI is InChI=1S/C18H21N3O5S/c1-13-5-7-15(8-6-13)27(25,26)21(2)12-17(22)20-16(18(23)24)10-14-4-3-9-19-11-14/h3-9,11,16H,10,12H2,1-2H3,(H,20,22)(H,23,24)/t16-/m0/s1. The molecular weight excluding hydrogens is 370 g/mol. The maximum Gasteiger partial charge on any atom is 0.326 e. The van der Waals surface area contributed by atoms with Crippen molar-refractivity contribution >= 4 is 21.9 Å². The van der Waals surface area contributed by atoms with Crippen LogP contribution in [0.1, 0.15) is 11.1 Å². The Labute approximate surface area is 157 Å². The van der Waals surface area contributed by atoms with Gasteiger partial charge in [0.05, 0.1) is 11.4 Å². The molecule has 8 nitrogen and oxygen atoms in total. The van der Waals surface area contributed by atoms with E-state index in [2.05, 4.69) is 10.3 Å². The van der Waals surface area contributed by atoms with Gasteiger partial charge in [0.2, 0.25) is 15.9 Å². The number of carbonyl (C=O) groups excluding carboxylic acids is 1. The number of likely N-dealkylation sites (N-methyl/N-ethyl adjacent to an activating group) is 1. The first kappa shape index (κ1) is 20.5. The fourth-order valence-corrected chi connectivity index (χ4v) is 3.50. The summed E-state index contributed by atoms with van der Waals surface area (Å²) in [5.41, 5.74) is 1.56. The molecular formula is C18H21N3O5S. The van der Waals surface area contributed by atoms with E-state index < -0.39 is 34.5 Å². The Morgan fingerprint density at radius 2 is 1.89 bits per heavy atom. The van der Waals surface area contributed by atoms with Gasteiger partial charge in [0, 0.05) is 25.9 Å². The molecule has 2 rings (SSSR count). The quantitative estimate of drug-likeness (QED) is 0.688. The van der Waals surface area contributed by atoms with E-state index in [1.807, 2.05) is 6.92 Å². The SMILES string of the molecule is Cc1ccc(S(=O)(=O)N(C)CC(=O)N[C@@H](Cc2cccnc2)C(=O)O)cc1. The Kier molecular flexibility index (Phi) is 6.65. The number of sulfonamides is 1. The number of benzene rings is 1. The largest absolute Gasteiger partial charge is 0.480 e. The highest BCUT2D eigenvalue weighted by atomic mass is 32.2. The number of carbonyl (C=O) groups is 2. The van der Waals surface area contributed by atoms with Crippen molar-refractivity contribution in [2.24, 2.45) is 0 Å². The summed E-state index contributed by atoms with van der Waals surface area (Å²) in [5, 5.41) is 11.7. The van der Waals surface area contributed by atoms with Crippen LogP contribution in [0, 0.1) is 6.92 Å². The van der Waals surface area contributed by atoms with Gasteiger partial charge in [-0.1, -0.05) is 23.8 Å². The number of aliphatic carboxylic acids is 1. The summed E-state index contributed by atoms with van der Waals surface area (Å²) in [7, 11) is -2.58. The van der Waals surface area contributed by atoms with Crippen molar-refractivity contribution in [1.29, 1.82) is 0 Å². The fraction of sp³-hybridized carbons (Fsp3) is 0.278. The first-order valence-electron chi connectivity index (χ1n) is 8.14. The number of pyridine rings is 1. The predicted molar refractivity (Wildman–Crippen MR) is 98.5 cm³/mol. The van der Waals surface area contributed by atoms with Gasteiger partial charge in [0.15, 0.2) is 0 Å². The number of hydrogen-bond acceptors (Lipinski definition) is 5. The van der Waals surface area contributed by atoms with Gasteiger partial charge in [-0.3, -0.25) is 9.78 Å². The fourth-order valence-electron chi connectivity index (χ4n) is 2.37. The molecule has 9 heteroatoms. The number of aryl methyl sites for hydroxylation is 1. The minimum Gasteiger partial charge on any atom is -0.480 e. The predicted octanol–water partition coefficient (Wildman–Crippen LogP) is 0.823. The first-order valence-corrected chi connectivity index (χ1v) is 9.58. The van der Waals surface area contributed by atoms with Crippen LogP contribution in [-0.4, -0.2) is 54.3 Å². The summed E-state index contributed by atoms with van der Waals surface area (Å²) in [6.45, 7) is 1.34. The number of carboxylic acid groups (broad SMARTS) is 1. The molecule has 0 saturated heterocycles. The molecule has 144 valence electrons. The highest BCUT2D eigenvalue weighted by Crippen LogP contribution is 2.14. The number of hydrogen-bond donors (Lipinski definition) is 2. The average molecular weight is 391 g/mol. The summed E-state index contributed by atoms with van der Waals surface area (Å²) in [6, 6.07) is 8.42. The highest BCUT2D eigenvalue weighted by molar-refractivity contribution is 7.89. The summed E-state index contributed by atoms with van der Waals surface area (Å²) in [5.74, 6) is -1.92. The molecule has 2 N–H and O–H groups in total. The molecule has 1 aromatic heterocycles. The minimum absolute atomic E-state index is 0.0450. The second-order valence-electron chi connectivity index (χ2n) is 6.10. The molecule has 27 heavy (non-hydrogen) atoms. The Balaban J connectivity index is 2.03. The molecule has 1 amide bonds. The van der Waals surface area contributed by atoms with Crippen LogP contribution in [0.2, 0.25) is 0 Å². The highest BCUT2D eigenvalue weighted by Gasteiger charge is 2.26. The summed E-state index contributed by atoms with van der Waals surface area (Å²) < 4.78 is 25.9. The maximum atomic E-state index is 12.5. The number of carboxylic acids is 1. The zero-order valence-electron chi connectivity index (χ0n) is 15.0. The van der Waals surface area contributed by atoms with Gasteiger partial charge in [-0.15, -0.1) is 0 Å². The van der Waals surface area contributed by atoms with Crippen molar-refractivity contribution in [2.45, 2.75) is 24.3 Å². The van der Waals surface area contributed by atoms with Crippen LogP contribution in [0.3, 0.4) is 0 Å². The number of amides is 1. The van der Waals surface area contributed by atoms with Crippen LogP contribution in [-0.2, 0) is 26.0 Å². The molecule has 0 aliphatic carbocycles. The lowest BCUT2D eigenvalue weighted by Crippen LogP contribution is -2.46. The topological polar surface area (TPSA) is 117 Å². The van der Waals surface area contributed by atoms with Crippen LogP contribution in [0.25, 0.3) is 0 Å². The Hall–Kier alpha value is -2.78. The molecule has 0 radical (unpaired) electrons. The molecule has 0 spiro atoms. The van der Waals surface area contributed by atoms with E-state index in [9.17, 15) is 23.1 Å². The van der Waals surface area contributed by atoms with Crippen LogP contribution in [0.15, 0.2) is 53.7 Å². The average Bonchev–Trinajstić information content (AvgIpc) is 2.62. The molecule has 0 unspecified atom stereocenters. The first-order chi connectivity index (χ1) is 12.7. The third kappa shape index (κ3) is 5.60. The van der Waals surface area contributed by atoms with E-state index in [4.69, 9.17) is 0 Å². The molecule has 1 atom stereocenters. The Morgan fingerprint density at radius 3 is 2.44 bits per heavy atom. The molecule has 0 aliphatic rings. The van der Waals surface area contributed by atoms with Crippen LogP contribution in [0.4, 0.5) is 0 Å². The molecule has 1 aromatic carbocycles. The molecule has 2 aromatic rings. The van der Waals surface area contributed by atoms with Gasteiger partial charge in [0.1, 0.15) is 6.04 Å². The van der Waals surface area contributed by atoms with Crippen molar-refractivity contribution in [2.75, 3.05) is 13.6 Å². The van der Waals surface area contributed by atoms with Gasteiger partial charge in [-0.2, -0.15) is 4.31 Å². The summed E-state index contributed by atoms with van der Waals surface area (Å²) in [4.78, 5) is 27.6. The molecule has 1 heterocycles. The third-order valence-electron chi connectivity index (χ3n) is 3.89. The number of nitrogens with zero attached hydrogens (tertiary/aromatic N) is 2. The lowest BCUT2D eigenvalue weighted by molar-refractivity contribution is -0.141. The van der Waals surface area contributed by atoms with E-state index in [0.717, 1.165) is 9.87 Å². The Morgan fingerprint density at radius 1 is 1.22 bits per heavy atom. The van der Waals surface area contributed by atoms with Crippen molar-refractivity contribution in [3.63, 3.8) is 0 Å². The zero-order chi connectivity index (χ0) is 20.0. The number of nitrogens with one attached hydrogen (secondary N) is 1. The number of aromatic nitrogens is 1. The van der Waals surface area contributed by atoms with Crippen LogP contribution >= 0.6 is 0 Å². The molecule has 0 fully saturated rings. The van der Waals surface area contributed by atoms with Gasteiger partial charge in [-0.25, -0.2) is 13.2 Å². The van der Waals surface area contributed by atoms with E-state index in [-0.39, 0.29) is 11.3 Å². The third-order valence-corrected chi connectivity index (χ3v) is 5.71. The van der Waals surface area contributed by atoms with Crippen LogP contribution in [0.5, 0.6) is 0 Å². The zero-order valence-corrected chi connectivity index (χ0v) is 15.8. The van der Waals surface area contributed by atoms with Gasteiger partial charge in [-0.05, 0) is 30.7 Å². The lowest BCUT2D eigenvalue weighted by Gasteiger charge is -2.19. The maximum absolute atomic E-state index is 12.5. The van der Waals surface area contributed by atoms with Crippen molar-refractivity contribution in [1.82, 2.24) is 14.6 Å². The Bertz CT molecular complexity index is 898. The monoisotopic (exact) mass is 391 g/mol. The van der Waals surface area contributed by atoms with E-state index in [1.54, 1.807) is 30.5 Å².